The molecule has 0 bridgehead atoms. The minimum atomic E-state index is 1.08. The van der Waals surface area contributed by atoms with E-state index in [2.05, 4.69) is 278 Å². The van der Waals surface area contributed by atoms with E-state index in [1.54, 1.807) is 0 Å². The quantitative estimate of drug-likeness (QED) is 0.138. The van der Waals surface area contributed by atoms with E-state index in [9.17, 15) is 0 Å². The van der Waals surface area contributed by atoms with Gasteiger partial charge in [-0.15, -0.1) is 0 Å². The van der Waals surface area contributed by atoms with Crippen LogP contribution in [-0.2, 0) is 0 Å². The zero-order valence-electron chi connectivity index (χ0n) is 37.9. The van der Waals surface area contributed by atoms with Crippen LogP contribution < -0.4 is 4.90 Å². The van der Waals surface area contributed by atoms with Gasteiger partial charge in [-0.25, -0.2) is 0 Å². The smallest absolute Gasteiger partial charge is 0.0462 e. The van der Waals surface area contributed by atoms with Crippen molar-refractivity contribution in [1.82, 2.24) is 0 Å². The highest BCUT2D eigenvalue weighted by Gasteiger charge is 2.21. The molecule has 0 atom stereocenters. The molecule has 0 heterocycles. The van der Waals surface area contributed by atoms with E-state index >= 15 is 0 Å². The molecule has 0 spiro atoms. The summed E-state index contributed by atoms with van der Waals surface area (Å²) < 4.78 is 0. The van der Waals surface area contributed by atoms with Crippen molar-refractivity contribution in [2.24, 2.45) is 0 Å². The molecule has 0 radical (unpaired) electrons. The van der Waals surface area contributed by atoms with Gasteiger partial charge in [-0.05, 0) is 146 Å². The SMILES string of the molecule is c1ccc(-c2c(-c3ccc(N(c4ccc(-c5cccc6ccccc56)cc4)c4ccc(-c5c(-c6ccccc6)c6ccccc6c6ccccc56)cc4)cc3)c3ccccc3c3ccccc23)cc1. The molecule has 1 nitrogen and oxygen atoms in total. The van der Waals surface area contributed by atoms with Crippen LogP contribution in [0.1, 0.15) is 0 Å². The molecule has 0 amide bonds. The largest absolute Gasteiger partial charge is 0.311 e. The molecule has 0 aliphatic carbocycles. The van der Waals surface area contributed by atoms with Crippen LogP contribution >= 0.6 is 0 Å². The normalized spacial score (nSPS) is 11.5. The van der Waals surface area contributed by atoms with Crippen LogP contribution in [0.5, 0.6) is 0 Å². The molecule has 1 heteroatoms. The minimum absolute atomic E-state index is 1.08. The molecule has 0 unspecified atom stereocenters. The van der Waals surface area contributed by atoms with Crippen LogP contribution in [0.3, 0.4) is 0 Å². The highest BCUT2D eigenvalue weighted by molar-refractivity contribution is 6.23. The summed E-state index contributed by atoms with van der Waals surface area (Å²) in [5, 5.41) is 12.5. The molecule has 13 aromatic carbocycles. The number of nitrogens with zero attached hydrogens (tertiary/aromatic N) is 1. The predicted octanol–water partition coefficient (Wildman–Crippen LogP) is 19.3. The molecule has 0 aliphatic rings. The summed E-state index contributed by atoms with van der Waals surface area (Å²) in [6.07, 6.45) is 0. The molecular weight excluding hydrogens is 831 g/mol. The maximum absolute atomic E-state index is 2.40. The summed E-state index contributed by atoms with van der Waals surface area (Å²) in [7, 11) is 0. The van der Waals surface area contributed by atoms with Crippen molar-refractivity contribution in [3.8, 4) is 55.6 Å². The number of rotatable bonds is 8. The van der Waals surface area contributed by atoms with Crippen LogP contribution in [0.25, 0.3) is 109 Å². The van der Waals surface area contributed by atoms with E-state index in [-0.39, 0.29) is 0 Å². The van der Waals surface area contributed by atoms with Gasteiger partial charge in [0.1, 0.15) is 0 Å². The monoisotopic (exact) mass is 875 g/mol. The van der Waals surface area contributed by atoms with Crippen LogP contribution in [0.4, 0.5) is 17.1 Å². The molecule has 322 valence electrons. The Morgan fingerprint density at radius 2 is 0.449 bits per heavy atom. The van der Waals surface area contributed by atoms with Gasteiger partial charge >= 0.3 is 0 Å². The Bertz CT molecular complexity index is 3810. The van der Waals surface area contributed by atoms with Crippen molar-refractivity contribution in [2.75, 3.05) is 4.90 Å². The average molecular weight is 876 g/mol. The lowest BCUT2D eigenvalue weighted by atomic mass is 9.85. The van der Waals surface area contributed by atoms with Gasteiger partial charge in [-0.3, -0.25) is 0 Å². The summed E-state index contributed by atoms with van der Waals surface area (Å²) in [6.45, 7) is 0. The number of anilines is 3. The van der Waals surface area contributed by atoms with Crippen molar-refractivity contribution in [1.29, 1.82) is 0 Å². The van der Waals surface area contributed by atoms with Crippen LogP contribution in [0, 0.1) is 0 Å². The third-order valence-corrected chi connectivity index (χ3v) is 14.0. The number of hydrogen-bond acceptors (Lipinski definition) is 1. The topological polar surface area (TPSA) is 3.24 Å². The second kappa shape index (κ2) is 17.0. The van der Waals surface area contributed by atoms with Crippen molar-refractivity contribution in [2.45, 2.75) is 0 Å². The molecule has 69 heavy (non-hydrogen) atoms. The van der Waals surface area contributed by atoms with E-state index in [0.29, 0.717) is 0 Å². The maximum Gasteiger partial charge on any atom is 0.0462 e. The van der Waals surface area contributed by atoms with Gasteiger partial charge < -0.3 is 4.90 Å². The third-order valence-electron chi connectivity index (χ3n) is 14.0. The molecule has 13 rings (SSSR count). The van der Waals surface area contributed by atoms with Gasteiger partial charge in [-0.1, -0.05) is 237 Å². The Hall–Kier alpha value is -9.04. The molecule has 0 fully saturated rings. The van der Waals surface area contributed by atoms with Crippen molar-refractivity contribution >= 4 is 70.9 Å². The summed E-state index contributed by atoms with van der Waals surface area (Å²) in [5.74, 6) is 0. The van der Waals surface area contributed by atoms with Crippen molar-refractivity contribution < 1.29 is 0 Å². The summed E-state index contributed by atoms with van der Waals surface area (Å²) in [5.41, 5.74) is 15.4. The second-order valence-electron chi connectivity index (χ2n) is 17.9. The van der Waals surface area contributed by atoms with Gasteiger partial charge in [-0.2, -0.15) is 0 Å². The Morgan fingerprint density at radius 1 is 0.174 bits per heavy atom. The van der Waals surface area contributed by atoms with Crippen molar-refractivity contribution in [3.05, 3.63) is 273 Å². The molecule has 0 saturated heterocycles. The van der Waals surface area contributed by atoms with Gasteiger partial charge in [0.25, 0.3) is 0 Å². The Morgan fingerprint density at radius 3 is 0.826 bits per heavy atom. The number of fused-ring (bicyclic) bond motifs is 7. The lowest BCUT2D eigenvalue weighted by Gasteiger charge is -2.27. The fourth-order valence-corrected chi connectivity index (χ4v) is 11.0. The molecule has 0 aromatic heterocycles. The van der Waals surface area contributed by atoms with E-state index in [1.807, 2.05) is 0 Å². The van der Waals surface area contributed by atoms with E-state index < -0.39 is 0 Å². The fraction of sp³-hybridized carbons (Fsp3) is 0. The molecule has 13 aromatic rings. The Kier molecular flexibility index (Phi) is 9.91. The zero-order chi connectivity index (χ0) is 45.7. The van der Waals surface area contributed by atoms with E-state index in [4.69, 9.17) is 0 Å². The minimum Gasteiger partial charge on any atom is -0.311 e. The highest BCUT2D eigenvalue weighted by atomic mass is 15.1. The zero-order valence-corrected chi connectivity index (χ0v) is 37.9. The standard InChI is InChI=1S/C68H45N/c1-3-19-48(20-4-1)65-61-29-13-9-25-57(61)59-27-11-15-31-63(59)67(65)50-36-42-53(43-37-50)69(52-40-34-47(35-41-52)56-33-17-23-46-18-7-8-24-55(46)56)54-44-38-51(39-45-54)68-64-32-16-12-28-60(64)58-26-10-14-30-62(58)66(68)49-21-5-2-6-22-49/h1-45H. The maximum atomic E-state index is 2.40. The van der Waals surface area contributed by atoms with E-state index in [0.717, 1.165) is 17.1 Å². The number of hydrogen-bond donors (Lipinski definition) is 0. The van der Waals surface area contributed by atoms with E-state index in [1.165, 1.54) is 109 Å². The fourth-order valence-electron chi connectivity index (χ4n) is 11.0. The van der Waals surface area contributed by atoms with Crippen LogP contribution in [-0.4, -0.2) is 0 Å². The Labute approximate surface area is 402 Å². The van der Waals surface area contributed by atoms with Crippen LogP contribution in [0.15, 0.2) is 273 Å². The number of benzene rings is 13. The van der Waals surface area contributed by atoms with Gasteiger partial charge in [0.05, 0.1) is 0 Å². The summed E-state index contributed by atoms with van der Waals surface area (Å²) in [6, 6.07) is 100.0. The first-order chi connectivity index (χ1) is 34.3. The average Bonchev–Trinajstić information content (AvgIpc) is 3.43. The van der Waals surface area contributed by atoms with Gasteiger partial charge in [0.15, 0.2) is 0 Å². The van der Waals surface area contributed by atoms with Gasteiger partial charge in [0, 0.05) is 17.1 Å². The summed E-state index contributed by atoms with van der Waals surface area (Å²) in [4.78, 5) is 2.40. The second-order valence-corrected chi connectivity index (χ2v) is 17.9. The molecular formula is C68H45N. The predicted molar refractivity (Wildman–Crippen MR) is 296 cm³/mol. The first kappa shape index (κ1) is 40.3. The lowest BCUT2D eigenvalue weighted by Crippen LogP contribution is -2.10. The first-order valence-electron chi connectivity index (χ1n) is 23.8. The lowest BCUT2D eigenvalue weighted by molar-refractivity contribution is 1.28. The molecule has 0 aliphatic heterocycles. The summed E-state index contributed by atoms with van der Waals surface area (Å²) >= 11 is 0. The highest BCUT2D eigenvalue weighted by Crippen LogP contribution is 2.48. The molecule has 0 saturated carbocycles. The van der Waals surface area contributed by atoms with Gasteiger partial charge in [0.2, 0.25) is 0 Å². The first-order valence-corrected chi connectivity index (χ1v) is 23.8. The molecule has 0 N–H and O–H groups in total. The van der Waals surface area contributed by atoms with Crippen LogP contribution in [0.2, 0.25) is 0 Å². The Balaban J connectivity index is 0.982. The third kappa shape index (κ3) is 6.95. The van der Waals surface area contributed by atoms with Crippen molar-refractivity contribution in [3.63, 3.8) is 0 Å².